The number of nitrogens with zero attached hydrogens (tertiary/aromatic N) is 4. The molecule has 0 saturated heterocycles. The molecule has 1 atom stereocenters. The van der Waals surface area contributed by atoms with Gasteiger partial charge in [-0.3, -0.25) is 15.2 Å². The molecule has 0 radical (unpaired) electrons. The molecule has 2 rings (SSSR count). The first kappa shape index (κ1) is 7.66. The van der Waals surface area contributed by atoms with E-state index in [0.717, 1.165) is 12.0 Å². The molecule has 1 N–H and O–H groups in total. The number of anilines is 1. The second-order valence-corrected chi connectivity index (χ2v) is 2.46. The van der Waals surface area contributed by atoms with E-state index in [1.807, 2.05) is 0 Å². The monoisotopic (exact) mass is 177 g/mol. The van der Waals surface area contributed by atoms with E-state index in [-0.39, 0.29) is 0 Å². The lowest BCUT2D eigenvalue weighted by Gasteiger charge is -2.15. The lowest BCUT2D eigenvalue weighted by atomic mass is 10.4. The minimum absolute atomic E-state index is 0.524. The third kappa shape index (κ3) is 1.33. The van der Waals surface area contributed by atoms with Crippen molar-refractivity contribution < 1.29 is 4.79 Å². The molecule has 6 heteroatoms. The van der Waals surface area contributed by atoms with Crippen molar-refractivity contribution >= 4 is 12.0 Å². The Morgan fingerprint density at radius 1 is 1.62 bits per heavy atom. The fourth-order valence-corrected chi connectivity index (χ4v) is 1.03. The largest absolute Gasteiger partial charge is 0.299 e. The summed E-state index contributed by atoms with van der Waals surface area (Å²) in [5.74, 6) is 0. The Morgan fingerprint density at radius 2 is 2.54 bits per heavy atom. The van der Waals surface area contributed by atoms with Crippen LogP contribution in [0.3, 0.4) is 0 Å². The predicted molar refractivity (Wildman–Crippen MR) is 44.6 cm³/mol. The number of hydrogen-bond donors (Lipinski definition) is 1. The molecule has 1 aromatic rings. The van der Waals surface area contributed by atoms with E-state index in [1.165, 1.54) is 5.01 Å². The van der Waals surface area contributed by atoms with Crippen molar-refractivity contribution in [2.75, 3.05) is 5.01 Å². The molecule has 2 heterocycles. The van der Waals surface area contributed by atoms with Gasteiger partial charge in [0.05, 0.1) is 11.9 Å². The lowest BCUT2D eigenvalue weighted by Crippen LogP contribution is -2.36. The first-order chi connectivity index (χ1) is 6.42. The second-order valence-electron chi connectivity index (χ2n) is 2.46. The zero-order valence-corrected chi connectivity index (χ0v) is 6.66. The molecule has 0 spiro atoms. The highest BCUT2D eigenvalue weighted by atomic mass is 16.1. The number of aldehydes is 1. The Labute approximate surface area is 74.2 Å². The summed E-state index contributed by atoms with van der Waals surface area (Å²) in [6.07, 6.45) is 3.47. The minimum Gasteiger partial charge on any atom is -0.299 e. The van der Waals surface area contributed by atoms with Crippen LogP contribution in [0.2, 0.25) is 0 Å². The number of hydrogen-bond acceptors (Lipinski definition) is 6. The van der Waals surface area contributed by atoms with Gasteiger partial charge in [0.15, 0.2) is 12.5 Å². The Kier molecular flexibility index (Phi) is 1.87. The SMILES string of the molecule is O=CC1NN=NN1c1cccnc1. The Morgan fingerprint density at radius 3 is 3.23 bits per heavy atom. The van der Waals surface area contributed by atoms with Gasteiger partial charge in [0, 0.05) is 6.20 Å². The molecule has 0 amide bonds. The number of rotatable bonds is 2. The van der Waals surface area contributed by atoms with Crippen molar-refractivity contribution in [3.05, 3.63) is 24.5 Å². The van der Waals surface area contributed by atoms with Crippen LogP contribution in [0.15, 0.2) is 35.0 Å². The Bertz CT molecular complexity index is 325. The minimum atomic E-state index is -0.524. The van der Waals surface area contributed by atoms with Crippen molar-refractivity contribution in [2.24, 2.45) is 10.4 Å². The van der Waals surface area contributed by atoms with Gasteiger partial charge in [-0.1, -0.05) is 5.22 Å². The number of nitrogens with one attached hydrogen (secondary N) is 1. The summed E-state index contributed by atoms with van der Waals surface area (Å²) in [6.45, 7) is 0. The summed E-state index contributed by atoms with van der Waals surface area (Å²) in [5, 5.41) is 8.73. The number of pyridine rings is 1. The van der Waals surface area contributed by atoms with Crippen LogP contribution in [-0.4, -0.2) is 17.4 Å². The van der Waals surface area contributed by atoms with Gasteiger partial charge in [0.1, 0.15) is 0 Å². The van der Waals surface area contributed by atoms with Gasteiger partial charge in [0.25, 0.3) is 0 Å². The van der Waals surface area contributed by atoms with Crippen molar-refractivity contribution in [2.45, 2.75) is 6.17 Å². The van der Waals surface area contributed by atoms with Gasteiger partial charge >= 0.3 is 0 Å². The molecule has 1 aliphatic rings. The van der Waals surface area contributed by atoms with E-state index in [2.05, 4.69) is 20.9 Å². The predicted octanol–water partition coefficient (Wildman–Crippen LogP) is 0.298. The fraction of sp³-hybridized carbons (Fsp3) is 0.143. The quantitative estimate of drug-likeness (QED) is 0.659. The molecule has 1 unspecified atom stereocenters. The van der Waals surface area contributed by atoms with Gasteiger partial charge in [-0.05, 0) is 17.4 Å². The van der Waals surface area contributed by atoms with Gasteiger partial charge in [-0.15, -0.1) is 0 Å². The van der Waals surface area contributed by atoms with Gasteiger partial charge in [-0.2, -0.15) is 0 Å². The highest BCUT2D eigenvalue weighted by Gasteiger charge is 2.22. The molecule has 13 heavy (non-hydrogen) atoms. The first-order valence-electron chi connectivity index (χ1n) is 3.72. The smallest absolute Gasteiger partial charge is 0.195 e. The van der Waals surface area contributed by atoms with Crippen LogP contribution in [0.4, 0.5) is 5.69 Å². The zero-order valence-electron chi connectivity index (χ0n) is 6.66. The summed E-state index contributed by atoms with van der Waals surface area (Å²) in [7, 11) is 0. The molecule has 0 aromatic carbocycles. The molecule has 1 aromatic heterocycles. The fourth-order valence-electron chi connectivity index (χ4n) is 1.03. The van der Waals surface area contributed by atoms with Crippen molar-refractivity contribution in [3.63, 3.8) is 0 Å². The third-order valence-electron chi connectivity index (χ3n) is 1.63. The van der Waals surface area contributed by atoms with Crippen LogP contribution in [0.25, 0.3) is 0 Å². The maximum Gasteiger partial charge on any atom is 0.195 e. The van der Waals surface area contributed by atoms with Crippen LogP contribution in [0, 0.1) is 0 Å². The molecule has 1 aliphatic heterocycles. The van der Waals surface area contributed by atoms with Crippen LogP contribution >= 0.6 is 0 Å². The van der Waals surface area contributed by atoms with Crippen LogP contribution in [-0.2, 0) is 4.79 Å². The summed E-state index contributed by atoms with van der Waals surface area (Å²) in [6, 6.07) is 3.57. The summed E-state index contributed by atoms with van der Waals surface area (Å²) < 4.78 is 0. The van der Waals surface area contributed by atoms with Crippen molar-refractivity contribution in [1.29, 1.82) is 0 Å². The van der Waals surface area contributed by atoms with Crippen LogP contribution in [0.1, 0.15) is 0 Å². The molecule has 0 saturated carbocycles. The average Bonchev–Trinajstić information content (AvgIpc) is 2.67. The van der Waals surface area contributed by atoms with Crippen LogP contribution in [0.5, 0.6) is 0 Å². The number of carbonyl (C=O) groups is 1. The Balaban J connectivity index is 2.26. The average molecular weight is 177 g/mol. The normalized spacial score (nSPS) is 20.0. The van der Waals surface area contributed by atoms with Gasteiger partial charge in [0.2, 0.25) is 0 Å². The molecule has 0 bridgehead atoms. The van der Waals surface area contributed by atoms with Gasteiger partial charge in [-0.25, -0.2) is 5.01 Å². The standard InChI is InChI=1S/C7H7N5O/c13-5-7-9-10-11-12(7)6-2-1-3-8-4-6/h1-5,7H,(H,9,11). The number of aromatic nitrogens is 1. The van der Waals surface area contributed by atoms with Crippen LogP contribution < -0.4 is 10.4 Å². The maximum atomic E-state index is 10.5. The van der Waals surface area contributed by atoms with E-state index in [0.29, 0.717) is 0 Å². The zero-order chi connectivity index (χ0) is 9.10. The molecule has 66 valence electrons. The summed E-state index contributed by atoms with van der Waals surface area (Å²) >= 11 is 0. The lowest BCUT2D eigenvalue weighted by molar-refractivity contribution is -0.109. The Hall–Kier alpha value is -1.98. The molecular formula is C7H7N5O. The maximum absolute atomic E-state index is 10.5. The topological polar surface area (TPSA) is 70.0 Å². The van der Waals surface area contributed by atoms with E-state index < -0.39 is 6.17 Å². The summed E-state index contributed by atoms with van der Waals surface area (Å²) in [5.41, 5.74) is 3.27. The summed E-state index contributed by atoms with van der Waals surface area (Å²) in [4.78, 5) is 14.5. The molecular weight excluding hydrogens is 170 g/mol. The third-order valence-corrected chi connectivity index (χ3v) is 1.63. The van der Waals surface area contributed by atoms with Crippen molar-refractivity contribution in [1.82, 2.24) is 10.4 Å². The second kappa shape index (κ2) is 3.18. The molecule has 0 fully saturated rings. The first-order valence-corrected chi connectivity index (χ1v) is 3.72. The van der Waals surface area contributed by atoms with E-state index in [1.54, 1.807) is 24.5 Å². The molecule has 6 nitrogen and oxygen atoms in total. The van der Waals surface area contributed by atoms with E-state index in [4.69, 9.17) is 0 Å². The van der Waals surface area contributed by atoms with Crippen molar-refractivity contribution in [3.8, 4) is 0 Å². The highest BCUT2D eigenvalue weighted by molar-refractivity contribution is 5.64. The molecule has 0 aliphatic carbocycles. The van der Waals surface area contributed by atoms with E-state index >= 15 is 0 Å². The van der Waals surface area contributed by atoms with E-state index in [9.17, 15) is 4.79 Å². The van der Waals surface area contributed by atoms with Gasteiger partial charge < -0.3 is 0 Å². The number of carbonyl (C=O) groups excluding carboxylic acids is 1. The highest BCUT2D eigenvalue weighted by Crippen LogP contribution is 2.16.